The number of urea groups is 1. The fraction of sp³-hybridized carbons (Fsp3) is 0.429. The highest BCUT2D eigenvalue weighted by atomic mass is 32.2. The Morgan fingerprint density at radius 3 is 2.74 bits per heavy atom. The molecular formula is C14H18N2O2S. The number of carbonyl (C=O) groups excluding carboxylic acids is 2. The Bertz CT molecular complexity index is 486. The van der Waals surface area contributed by atoms with Crippen LogP contribution in [0.3, 0.4) is 0 Å². The van der Waals surface area contributed by atoms with Crippen molar-refractivity contribution < 1.29 is 9.59 Å². The maximum Gasteiger partial charge on any atom is 0.321 e. The topological polar surface area (TPSA) is 58.2 Å². The smallest absolute Gasteiger partial charge is 0.321 e. The molecule has 0 heterocycles. The van der Waals surface area contributed by atoms with E-state index >= 15 is 0 Å². The molecule has 1 aromatic rings. The second kappa shape index (κ2) is 6.10. The third-order valence-electron chi connectivity index (χ3n) is 2.82. The van der Waals surface area contributed by atoms with Gasteiger partial charge in [0.2, 0.25) is 5.91 Å². The molecular weight excluding hydrogens is 260 g/mol. The van der Waals surface area contributed by atoms with Crippen molar-refractivity contribution in [2.75, 3.05) is 0 Å². The highest BCUT2D eigenvalue weighted by Crippen LogP contribution is 2.24. The molecule has 0 aromatic heterocycles. The second-order valence-corrected chi connectivity index (χ2v) is 6.23. The van der Waals surface area contributed by atoms with Gasteiger partial charge in [-0.15, -0.1) is 11.8 Å². The van der Waals surface area contributed by atoms with Gasteiger partial charge in [-0.05, 0) is 38.8 Å². The molecule has 0 bridgehead atoms. The molecule has 1 aliphatic rings. The van der Waals surface area contributed by atoms with Gasteiger partial charge in [0.1, 0.15) is 0 Å². The summed E-state index contributed by atoms with van der Waals surface area (Å²) in [5.41, 5.74) is 1.16. The number of hydrogen-bond donors (Lipinski definition) is 2. The molecule has 1 atom stereocenters. The number of carbonyl (C=O) groups is 2. The molecule has 4 nitrogen and oxygen atoms in total. The first-order chi connectivity index (χ1) is 9.04. The average Bonchev–Trinajstić information content (AvgIpc) is 3.12. The Hall–Kier alpha value is -1.49. The van der Waals surface area contributed by atoms with Crippen LogP contribution in [-0.2, 0) is 4.79 Å². The van der Waals surface area contributed by atoms with Gasteiger partial charge in [0.15, 0.2) is 0 Å². The van der Waals surface area contributed by atoms with Crippen molar-refractivity contribution in [3.63, 3.8) is 0 Å². The van der Waals surface area contributed by atoms with E-state index in [0.717, 1.165) is 23.3 Å². The average molecular weight is 278 g/mol. The Kier molecular flexibility index (Phi) is 4.47. The van der Waals surface area contributed by atoms with Crippen LogP contribution in [0.5, 0.6) is 0 Å². The van der Waals surface area contributed by atoms with Crippen molar-refractivity contribution in [3.05, 3.63) is 29.8 Å². The number of hydrogen-bond acceptors (Lipinski definition) is 3. The van der Waals surface area contributed by atoms with Gasteiger partial charge < -0.3 is 5.32 Å². The molecule has 0 saturated heterocycles. The van der Waals surface area contributed by atoms with Crippen molar-refractivity contribution in [2.24, 2.45) is 0 Å². The van der Waals surface area contributed by atoms with Gasteiger partial charge in [-0.1, -0.05) is 17.7 Å². The molecule has 0 unspecified atom stereocenters. The Morgan fingerprint density at radius 2 is 2.11 bits per heavy atom. The van der Waals surface area contributed by atoms with Crippen molar-refractivity contribution in [2.45, 2.75) is 42.9 Å². The van der Waals surface area contributed by atoms with Crippen LogP contribution < -0.4 is 10.6 Å². The molecule has 1 fully saturated rings. The van der Waals surface area contributed by atoms with E-state index in [0.29, 0.717) is 0 Å². The van der Waals surface area contributed by atoms with Gasteiger partial charge in [-0.3, -0.25) is 10.1 Å². The van der Waals surface area contributed by atoms with Crippen LogP contribution in [0.2, 0.25) is 0 Å². The van der Waals surface area contributed by atoms with Crippen LogP contribution in [-0.4, -0.2) is 23.2 Å². The summed E-state index contributed by atoms with van der Waals surface area (Å²) in [6.45, 7) is 3.81. The van der Waals surface area contributed by atoms with Crippen LogP contribution in [0.1, 0.15) is 25.3 Å². The summed E-state index contributed by atoms with van der Waals surface area (Å²) < 4.78 is 0. The van der Waals surface area contributed by atoms with Gasteiger partial charge in [0, 0.05) is 10.9 Å². The number of rotatable bonds is 4. The first kappa shape index (κ1) is 13.9. The lowest BCUT2D eigenvalue weighted by atomic mass is 10.2. The standard InChI is InChI=1S/C14H18N2O2S/c1-9-4-3-5-12(8-9)19-10(2)13(17)16-14(18)15-11-6-7-11/h3-5,8,10-11H,6-7H2,1-2H3,(H2,15,16,17,18)/t10-/m1/s1. The summed E-state index contributed by atoms with van der Waals surface area (Å²) in [7, 11) is 0. The van der Waals surface area contributed by atoms with Crippen LogP contribution in [0.25, 0.3) is 0 Å². The molecule has 0 aliphatic heterocycles. The fourth-order valence-corrected chi connectivity index (χ4v) is 2.59. The molecule has 0 radical (unpaired) electrons. The maximum absolute atomic E-state index is 11.9. The van der Waals surface area contributed by atoms with Crippen LogP contribution >= 0.6 is 11.8 Å². The summed E-state index contributed by atoms with van der Waals surface area (Å²) in [5, 5.41) is 4.81. The van der Waals surface area contributed by atoms with Gasteiger partial charge >= 0.3 is 6.03 Å². The molecule has 102 valence electrons. The van der Waals surface area contributed by atoms with Crippen LogP contribution in [0.4, 0.5) is 4.79 Å². The summed E-state index contributed by atoms with van der Waals surface area (Å²) in [4.78, 5) is 24.3. The molecule has 19 heavy (non-hydrogen) atoms. The van der Waals surface area contributed by atoms with E-state index < -0.39 is 0 Å². The summed E-state index contributed by atoms with van der Waals surface area (Å²) in [5.74, 6) is -0.260. The molecule has 1 saturated carbocycles. The molecule has 1 aliphatic carbocycles. The number of amides is 3. The third-order valence-corrected chi connectivity index (χ3v) is 3.91. The minimum absolute atomic E-state index is 0.257. The van der Waals surface area contributed by atoms with E-state index in [1.165, 1.54) is 11.8 Å². The minimum atomic E-state index is -0.385. The van der Waals surface area contributed by atoms with E-state index in [9.17, 15) is 9.59 Å². The lowest BCUT2D eigenvalue weighted by molar-refractivity contribution is -0.119. The molecule has 1 aromatic carbocycles. The number of thioether (sulfide) groups is 1. The highest BCUT2D eigenvalue weighted by Gasteiger charge is 2.25. The van der Waals surface area contributed by atoms with Crippen molar-refractivity contribution in [3.8, 4) is 0 Å². The summed E-state index contributed by atoms with van der Waals surface area (Å²) in [6, 6.07) is 7.83. The van der Waals surface area contributed by atoms with Gasteiger partial charge in [0.05, 0.1) is 5.25 Å². The zero-order chi connectivity index (χ0) is 13.8. The molecule has 2 rings (SSSR count). The zero-order valence-corrected chi connectivity index (χ0v) is 11.9. The number of imide groups is 1. The number of nitrogens with one attached hydrogen (secondary N) is 2. The molecule has 3 amide bonds. The first-order valence-corrected chi connectivity index (χ1v) is 7.27. The lowest BCUT2D eigenvalue weighted by Gasteiger charge is -2.12. The number of benzene rings is 1. The fourth-order valence-electron chi connectivity index (χ4n) is 1.61. The minimum Gasteiger partial charge on any atom is -0.335 e. The number of aryl methyl sites for hydroxylation is 1. The SMILES string of the molecule is Cc1cccc(S[C@H](C)C(=O)NC(=O)NC2CC2)c1. The predicted molar refractivity (Wildman–Crippen MR) is 76.2 cm³/mol. The summed E-state index contributed by atoms with van der Waals surface area (Å²) in [6.07, 6.45) is 2.02. The maximum atomic E-state index is 11.9. The van der Waals surface area contributed by atoms with Gasteiger partial charge in [-0.25, -0.2) is 4.79 Å². The Balaban J connectivity index is 1.82. The highest BCUT2D eigenvalue weighted by molar-refractivity contribution is 8.00. The van der Waals surface area contributed by atoms with E-state index in [-0.39, 0.29) is 23.2 Å². The normalized spacial score (nSPS) is 15.7. The largest absolute Gasteiger partial charge is 0.335 e. The Morgan fingerprint density at radius 1 is 1.37 bits per heavy atom. The van der Waals surface area contributed by atoms with E-state index in [2.05, 4.69) is 10.6 Å². The Labute approximate surface area is 117 Å². The second-order valence-electron chi connectivity index (χ2n) is 4.81. The molecule has 2 N–H and O–H groups in total. The van der Waals surface area contributed by atoms with Crippen molar-refractivity contribution >= 4 is 23.7 Å². The van der Waals surface area contributed by atoms with E-state index in [1.54, 1.807) is 6.92 Å². The van der Waals surface area contributed by atoms with Gasteiger partial charge in [-0.2, -0.15) is 0 Å². The monoisotopic (exact) mass is 278 g/mol. The molecule has 5 heteroatoms. The molecule has 0 spiro atoms. The van der Waals surface area contributed by atoms with Crippen LogP contribution in [0.15, 0.2) is 29.2 Å². The third kappa shape index (κ3) is 4.59. The van der Waals surface area contributed by atoms with Crippen LogP contribution in [0, 0.1) is 6.92 Å². The quantitative estimate of drug-likeness (QED) is 0.832. The van der Waals surface area contributed by atoms with Crippen molar-refractivity contribution in [1.29, 1.82) is 0 Å². The lowest BCUT2D eigenvalue weighted by Crippen LogP contribution is -2.43. The summed E-state index contributed by atoms with van der Waals surface area (Å²) >= 11 is 1.45. The predicted octanol–water partition coefficient (Wildman–Crippen LogP) is 2.46. The van der Waals surface area contributed by atoms with Gasteiger partial charge in [0.25, 0.3) is 0 Å². The van der Waals surface area contributed by atoms with E-state index in [1.807, 2.05) is 31.2 Å². The zero-order valence-electron chi connectivity index (χ0n) is 11.1. The van der Waals surface area contributed by atoms with Crippen molar-refractivity contribution in [1.82, 2.24) is 10.6 Å². The van der Waals surface area contributed by atoms with E-state index in [4.69, 9.17) is 0 Å². The first-order valence-electron chi connectivity index (χ1n) is 6.39.